The van der Waals surface area contributed by atoms with E-state index >= 15 is 0 Å². The van der Waals surface area contributed by atoms with Crippen LogP contribution in [0.5, 0.6) is 5.75 Å². The molecule has 0 bridgehead atoms. The molecule has 0 unspecified atom stereocenters. The molecule has 0 aliphatic carbocycles. The van der Waals surface area contributed by atoms with Crippen LogP contribution in [0.2, 0.25) is 0 Å². The van der Waals surface area contributed by atoms with Gasteiger partial charge in [-0.1, -0.05) is 13.0 Å². The zero-order valence-corrected chi connectivity index (χ0v) is 12.5. The van der Waals surface area contributed by atoms with Crippen molar-refractivity contribution in [2.75, 3.05) is 17.7 Å². The predicted molar refractivity (Wildman–Crippen MR) is 82.7 cm³/mol. The van der Waals surface area contributed by atoms with Gasteiger partial charge in [0, 0.05) is 0 Å². The number of rotatable bonds is 5. The minimum Gasteiger partial charge on any atom is -0.492 e. The van der Waals surface area contributed by atoms with Crippen molar-refractivity contribution in [2.24, 2.45) is 0 Å². The number of hydrogen-bond donors (Lipinski definition) is 3. The number of nitrogens with one attached hydrogen (secondary N) is 2. The van der Waals surface area contributed by atoms with Crippen LogP contribution in [0.4, 0.5) is 11.4 Å². The summed E-state index contributed by atoms with van der Waals surface area (Å²) in [4.78, 5) is 12.3. The number of hydrogen-bond acceptors (Lipinski definition) is 4. The highest BCUT2D eigenvalue weighted by atomic mass is 16.5. The molecule has 112 valence electrons. The fraction of sp³-hybridized carbons (Fsp3) is 0.333. The second kappa shape index (κ2) is 6.30. The SMILES string of the molecule is CCOc1cc(C)ccc1NC(=O)c1n[nH]c(CC)c1N. The molecule has 1 heterocycles. The van der Waals surface area contributed by atoms with E-state index < -0.39 is 0 Å². The summed E-state index contributed by atoms with van der Waals surface area (Å²) in [5.74, 6) is 0.281. The van der Waals surface area contributed by atoms with E-state index in [9.17, 15) is 4.79 Å². The molecule has 2 aromatic rings. The number of nitrogens with zero attached hydrogens (tertiary/aromatic N) is 1. The lowest BCUT2D eigenvalue weighted by Gasteiger charge is -2.11. The Kier molecular flexibility index (Phi) is 4.47. The molecule has 0 saturated carbocycles. The Balaban J connectivity index is 2.25. The summed E-state index contributed by atoms with van der Waals surface area (Å²) < 4.78 is 5.54. The van der Waals surface area contributed by atoms with Gasteiger partial charge >= 0.3 is 0 Å². The molecule has 0 saturated heterocycles. The van der Waals surface area contributed by atoms with Crippen molar-refractivity contribution >= 4 is 17.3 Å². The van der Waals surface area contributed by atoms with Crippen LogP contribution in [0.1, 0.15) is 35.6 Å². The number of anilines is 2. The number of H-pyrrole nitrogens is 1. The van der Waals surface area contributed by atoms with Crippen LogP contribution in [0, 0.1) is 6.92 Å². The van der Waals surface area contributed by atoms with Crippen molar-refractivity contribution in [3.63, 3.8) is 0 Å². The molecule has 0 spiro atoms. The van der Waals surface area contributed by atoms with Gasteiger partial charge in [0.05, 0.1) is 23.7 Å². The Morgan fingerprint density at radius 3 is 2.81 bits per heavy atom. The van der Waals surface area contributed by atoms with Gasteiger partial charge in [0.1, 0.15) is 5.75 Å². The number of aromatic amines is 1. The summed E-state index contributed by atoms with van der Waals surface area (Å²) in [5, 5.41) is 9.54. The number of carbonyl (C=O) groups excluding carboxylic acids is 1. The van der Waals surface area contributed by atoms with Crippen molar-refractivity contribution in [1.29, 1.82) is 0 Å². The highest BCUT2D eigenvalue weighted by Gasteiger charge is 2.18. The number of ether oxygens (including phenoxy) is 1. The van der Waals surface area contributed by atoms with Crippen molar-refractivity contribution in [1.82, 2.24) is 10.2 Å². The van der Waals surface area contributed by atoms with Crippen LogP contribution in [0.25, 0.3) is 0 Å². The second-order valence-corrected chi connectivity index (χ2v) is 4.70. The number of nitrogens with two attached hydrogens (primary N) is 1. The van der Waals surface area contributed by atoms with Gasteiger partial charge in [0.15, 0.2) is 5.69 Å². The van der Waals surface area contributed by atoms with E-state index in [4.69, 9.17) is 10.5 Å². The largest absolute Gasteiger partial charge is 0.492 e. The molecule has 1 aromatic heterocycles. The predicted octanol–water partition coefficient (Wildman–Crippen LogP) is 2.51. The average molecular weight is 288 g/mol. The summed E-state index contributed by atoms with van der Waals surface area (Å²) in [5.41, 5.74) is 8.92. The summed E-state index contributed by atoms with van der Waals surface area (Å²) in [7, 11) is 0. The first-order chi connectivity index (χ1) is 10.1. The first kappa shape index (κ1) is 14.9. The van der Waals surface area contributed by atoms with Crippen LogP contribution in [0.3, 0.4) is 0 Å². The van der Waals surface area contributed by atoms with Gasteiger partial charge < -0.3 is 15.8 Å². The number of aromatic nitrogens is 2. The molecule has 1 aromatic carbocycles. The summed E-state index contributed by atoms with van der Waals surface area (Å²) in [6.45, 7) is 6.33. The van der Waals surface area contributed by atoms with Crippen molar-refractivity contribution in [3.05, 3.63) is 35.2 Å². The molecule has 0 aliphatic heterocycles. The molecule has 6 heteroatoms. The van der Waals surface area contributed by atoms with E-state index in [1.54, 1.807) is 0 Å². The number of benzene rings is 1. The maximum absolute atomic E-state index is 12.3. The molecule has 6 nitrogen and oxygen atoms in total. The third-order valence-corrected chi connectivity index (χ3v) is 3.14. The highest BCUT2D eigenvalue weighted by molar-refractivity contribution is 6.07. The molecule has 1 amide bonds. The fourth-order valence-corrected chi connectivity index (χ4v) is 2.02. The molecule has 0 aliphatic rings. The molecule has 0 atom stereocenters. The van der Waals surface area contributed by atoms with Gasteiger partial charge in [0.25, 0.3) is 5.91 Å². The molecular formula is C15H20N4O2. The number of nitrogen functional groups attached to an aromatic ring is 1. The highest BCUT2D eigenvalue weighted by Crippen LogP contribution is 2.27. The van der Waals surface area contributed by atoms with E-state index in [2.05, 4.69) is 15.5 Å². The Labute approximate surface area is 123 Å². The summed E-state index contributed by atoms with van der Waals surface area (Å²) >= 11 is 0. The summed E-state index contributed by atoms with van der Waals surface area (Å²) in [6.07, 6.45) is 0.695. The lowest BCUT2D eigenvalue weighted by molar-refractivity contribution is 0.102. The van der Waals surface area contributed by atoms with Crippen molar-refractivity contribution in [2.45, 2.75) is 27.2 Å². The van der Waals surface area contributed by atoms with Gasteiger partial charge in [-0.3, -0.25) is 9.89 Å². The maximum atomic E-state index is 12.3. The third kappa shape index (κ3) is 3.16. The van der Waals surface area contributed by atoms with Gasteiger partial charge in [-0.25, -0.2) is 0 Å². The first-order valence-corrected chi connectivity index (χ1v) is 6.94. The Morgan fingerprint density at radius 1 is 1.43 bits per heavy atom. The summed E-state index contributed by atoms with van der Waals surface area (Å²) in [6, 6.07) is 5.59. The molecular weight excluding hydrogens is 268 g/mol. The topological polar surface area (TPSA) is 93.0 Å². The van der Waals surface area contributed by atoms with E-state index in [-0.39, 0.29) is 11.6 Å². The lowest BCUT2D eigenvalue weighted by atomic mass is 10.2. The molecule has 0 fully saturated rings. The van der Waals surface area contributed by atoms with Gasteiger partial charge in [-0.2, -0.15) is 5.10 Å². The smallest absolute Gasteiger partial charge is 0.278 e. The minimum atomic E-state index is -0.353. The van der Waals surface area contributed by atoms with Gasteiger partial charge in [0.2, 0.25) is 0 Å². The van der Waals surface area contributed by atoms with Crippen LogP contribution >= 0.6 is 0 Å². The van der Waals surface area contributed by atoms with Gasteiger partial charge in [-0.05, 0) is 38.0 Å². The fourth-order valence-electron chi connectivity index (χ4n) is 2.02. The monoisotopic (exact) mass is 288 g/mol. The first-order valence-electron chi connectivity index (χ1n) is 6.94. The molecule has 21 heavy (non-hydrogen) atoms. The number of carbonyl (C=O) groups is 1. The Morgan fingerprint density at radius 2 is 2.19 bits per heavy atom. The van der Waals surface area contributed by atoms with Crippen LogP contribution in [0.15, 0.2) is 18.2 Å². The number of amides is 1. The average Bonchev–Trinajstić information content (AvgIpc) is 2.83. The quantitative estimate of drug-likeness (QED) is 0.788. The molecule has 0 radical (unpaired) electrons. The van der Waals surface area contributed by atoms with E-state index in [0.717, 1.165) is 11.3 Å². The number of aryl methyl sites for hydroxylation is 2. The molecule has 2 rings (SSSR count). The Bertz CT molecular complexity index is 649. The maximum Gasteiger partial charge on any atom is 0.278 e. The van der Waals surface area contributed by atoms with E-state index in [1.165, 1.54) is 0 Å². The standard InChI is InChI=1S/C15H20N4O2/c1-4-10-13(16)14(19-18-10)15(20)17-11-7-6-9(3)8-12(11)21-5-2/h6-8H,4-5,16H2,1-3H3,(H,17,20)(H,18,19). The van der Waals surface area contributed by atoms with Crippen LogP contribution in [-0.4, -0.2) is 22.7 Å². The van der Waals surface area contributed by atoms with Crippen molar-refractivity contribution < 1.29 is 9.53 Å². The van der Waals surface area contributed by atoms with Crippen molar-refractivity contribution in [3.8, 4) is 5.75 Å². The van der Waals surface area contributed by atoms with Crippen LogP contribution in [-0.2, 0) is 6.42 Å². The zero-order valence-electron chi connectivity index (χ0n) is 12.5. The Hall–Kier alpha value is -2.50. The normalized spacial score (nSPS) is 10.4. The minimum absolute atomic E-state index is 0.204. The van der Waals surface area contributed by atoms with E-state index in [1.807, 2.05) is 39.0 Å². The van der Waals surface area contributed by atoms with Crippen LogP contribution < -0.4 is 15.8 Å². The van der Waals surface area contributed by atoms with Gasteiger partial charge in [-0.15, -0.1) is 0 Å². The zero-order chi connectivity index (χ0) is 15.4. The van der Waals surface area contributed by atoms with E-state index in [0.29, 0.717) is 30.2 Å². The second-order valence-electron chi connectivity index (χ2n) is 4.70. The molecule has 4 N–H and O–H groups in total. The third-order valence-electron chi connectivity index (χ3n) is 3.14. The lowest BCUT2D eigenvalue weighted by Crippen LogP contribution is -2.15.